The summed E-state index contributed by atoms with van der Waals surface area (Å²) in [6, 6.07) is 5.91. The highest BCUT2D eigenvalue weighted by Crippen LogP contribution is 2.41. The number of fused-ring (bicyclic) bond motifs is 1. The molecule has 178 valence electrons. The molecular weight excluding hydrogens is 442 g/mol. The standard InChI is InChI=1S/C24H26F2N6O2/c25-17-13-31(14-17)23(33)28-18-1-2-20(26)21(10-18)32-12-16-9-19(11-27-22(16)29-32)30-6-3-24(15-30)4-7-34-8-5-24/h1-2,9-12,17H,3-8,13-15H2,(H,28,33). The van der Waals surface area contributed by atoms with Crippen LogP contribution in [0.15, 0.2) is 36.7 Å². The maximum Gasteiger partial charge on any atom is 0.322 e. The Morgan fingerprint density at radius 2 is 2.00 bits per heavy atom. The third kappa shape index (κ3) is 3.85. The Bertz CT molecular complexity index is 1240. The molecule has 0 aliphatic carbocycles. The first-order valence-electron chi connectivity index (χ1n) is 11.7. The molecule has 0 atom stereocenters. The van der Waals surface area contributed by atoms with E-state index in [4.69, 9.17) is 4.74 Å². The molecule has 2 aromatic heterocycles. The molecule has 8 nitrogen and oxygen atoms in total. The number of carbonyl (C=O) groups is 1. The molecule has 3 aliphatic heterocycles. The van der Waals surface area contributed by atoms with Crippen LogP contribution in [0.25, 0.3) is 16.7 Å². The molecule has 0 unspecified atom stereocenters. The molecule has 34 heavy (non-hydrogen) atoms. The average Bonchev–Trinajstić information content (AvgIpc) is 3.42. The predicted molar refractivity (Wildman–Crippen MR) is 124 cm³/mol. The van der Waals surface area contributed by atoms with Crippen LogP contribution in [-0.4, -0.2) is 71.3 Å². The van der Waals surface area contributed by atoms with Gasteiger partial charge in [0.05, 0.1) is 25.0 Å². The molecule has 2 amide bonds. The van der Waals surface area contributed by atoms with Crippen LogP contribution in [0.3, 0.4) is 0 Å². The topological polar surface area (TPSA) is 75.5 Å². The van der Waals surface area contributed by atoms with Crippen molar-refractivity contribution >= 4 is 28.4 Å². The zero-order valence-electron chi connectivity index (χ0n) is 18.7. The van der Waals surface area contributed by atoms with Gasteiger partial charge in [-0.05, 0) is 48.9 Å². The van der Waals surface area contributed by atoms with Crippen LogP contribution in [-0.2, 0) is 4.74 Å². The first kappa shape index (κ1) is 21.3. The Kier molecular flexibility index (Phi) is 5.13. The lowest BCUT2D eigenvalue weighted by Gasteiger charge is -2.34. The number of pyridine rings is 1. The number of aromatic nitrogens is 3. The molecule has 3 saturated heterocycles. The van der Waals surface area contributed by atoms with Crippen molar-refractivity contribution in [2.24, 2.45) is 5.41 Å². The lowest BCUT2D eigenvalue weighted by atomic mass is 9.80. The lowest BCUT2D eigenvalue weighted by Crippen LogP contribution is -2.53. The number of hydrogen-bond acceptors (Lipinski definition) is 5. The molecule has 1 spiro atoms. The quantitative estimate of drug-likeness (QED) is 0.634. The summed E-state index contributed by atoms with van der Waals surface area (Å²) >= 11 is 0. The highest BCUT2D eigenvalue weighted by molar-refractivity contribution is 5.90. The van der Waals surface area contributed by atoms with Gasteiger partial charge in [-0.2, -0.15) is 0 Å². The predicted octanol–water partition coefficient (Wildman–Crippen LogP) is 3.75. The highest BCUT2D eigenvalue weighted by Gasteiger charge is 2.39. The van der Waals surface area contributed by atoms with Crippen molar-refractivity contribution < 1.29 is 18.3 Å². The van der Waals surface area contributed by atoms with Crippen LogP contribution < -0.4 is 10.2 Å². The van der Waals surface area contributed by atoms with E-state index in [-0.39, 0.29) is 18.8 Å². The van der Waals surface area contributed by atoms with Gasteiger partial charge in [-0.1, -0.05) is 0 Å². The van der Waals surface area contributed by atoms with Gasteiger partial charge in [0.25, 0.3) is 0 Å². The van der Waals surface area contributed by atoms with Gasteiger partial charge in [0.2, 0.25) is 0 Å². The molecule has 0 saturated carbocycles. The van der Waals surface area contributed by atoms with Crippen molar-refractivity contribution in [1.82, 2.24) is 19.7 Å². The van der Waals surface area contributed by atoms with E-state index in [0.29, 0.717) is 16.7 Å². The second kappa shape index (κ2) is 8.19. The molecule has 1 N–H and O–H groups in total. The molecule has 6 rings (SSSR count). The average molecular weight is 469 g/mol. The molecule has 0 radical (unpaired) electrons. The zero-order chi connectivity index (χ0) is 23.3. The smallest absolute Gasteiger partial charge is 0.322 e. The van der Waals surface area contributed by atoms with Gasteiger partial charge in [-0.3, -0.25) is 0 Å². The zero-order valence-corrected chi connectivity index (χ0v) is 18.7. The summed E-state index contributed by atoms with van der Waals surface area (Å²) in [6.07, 6.45) is 5.94. The summed E-state index contributed by atoms with van der Waals surface area (Å²) in [4.78, 5) is 20.5. The van der Waals surface area contributed by atoms with E-state index in [1.54, 1.807) is 6.20 Å². The minimum atomic E-state index is -0.980. The molecule has 3 aliphatic rings. The normalized spacial score (nSPS) is 20.2. The number of rotatable bonds is 3. The van der Waals surface area contributed by atoms with E-state index < -0.39 is 18.0 Å². The highest BCUT2D eigenvalue weighted by atomic mass is 19.1. The van der Waals surface area contributed by atoms with E-state index in [9.17, 15) is 13.6 Å². The molecule has 10 heteroatoms. The first-order valence-corrected chi connectivity index (χ1v) is 11.7. The summed E-state index contributed by atoms with van der Waals surface area (Å²) in [5, 5.41) is 7.95. The number of ether oxygens (including phenoxy) is 1. The summed E-state index contributed by atoms with van der Waals surface area (Å²) in [7, 11) is 0. The summed E-state index contributed by atoms with van der Waals surface area (Å²) < 4.78 is 34.7. The lowest BCUT2D eigenvalue weighted by molar-refractivity contribution is 0.0254. The number of amides is 2. The molecule has 1 aromatic carbocycles. The Labute approximate surface area is 195 Å². The van der Waals surface area contributed by atoms with Crippen molar-refractivity contribution in [1.29, 1.82) is 0 Å². The maximum atomic E-state index is 14.7. The van der Waals surface area contributed by atoms with Gasteiger partial charge in [0.1, 0.15) is 17.7 Å². The van der Waals surface area contributed by atoms with Crippen molar-refractivity contribution in [3.63, 3.8) is 0 Å². The summed E-state index contributed by atoms with van der Waals surface area (Å²) in [5.74, 6) is -0.472. The first-order chi connectivity index (χ1) is 16.5. The van der Waals surface area contributed by atoms with Gasteiger partial charge in [0, 0.05) is 43.6 Å². The fourth-order valence-corrected chi connectivity index (χ4v) is 5.13. The van der Waals surface area contributed by atoms with Crippen molar-refractivity contribution in [2.75, 3.05) is 49.6 Å². The molecule has 0 bridgehead atoms. The number of likely N-dealkylation sites (tertiary alicyclic amines) is 1. The van der Waals surface area contributed by atoms with Crippen LogP contribution in [0.1, 0.15) is 19.3 Å². The van der Waals surface area contributed by atoms with Crippen LogP contribution in [0.5, 0.6) is 0 Å². The Hall–Kier alpha value is -3.27. The number of halogens is 2. The van der Waals surface area contributed by atoms with E-state index in [1.165, 1.54) is 27.8 Å². The summed E-state index contributed by atoms with van der Waals surface area (Å²) in [6.45, 7) is 3.79. The number of alkyl halides is 1. The van der Waals surface area contributed by atoms with Crippen LogP contribution in [0.2, 0.25) is 0 Å². The van der Waals surface area contributed by atoms with E-state index >= 15 is 0 Å². The van der Waals surface area contributed by atoms with Gasteiger partial charge in [-0.25, -0.2) is 23.2 Å². The van der Waals surface area contributed by atoms with E-state index in [1.807, 2.05) is 12.3 Å². The Morgan fingerprint density at radius 1 is 1.18 bits per heavy atom. The Balaban J connectivity index is 1.23. The van der Waals surface area contributed by atoms with Gasteiger partial charge >= 0.3 is 6.03 Å². The van der Waals surface area contributed by atoms with Crippen molar-refractivity contribution in [3.05, 3.63) is 42.5 Å². The molecular formula is C24H26F2N6O2. The minimum absolute atomic E-state index is 0.0738. The number of urea groups is 1. The van der Waals surface area contributed by atoms with Gasteiger partial charge < -0.3 is 19.9 Å². The van der Waals surface area contributed by atoms with Crippen molar-refractivity contribution in [3.8, 4) is 5.69 Å². The summed E-state index contributed by atoms with van der Waals surface area (Å²) in [5.41, 5.74) is 2.50. The molecule has 3 aromatic rings. The van der Waals surface area contributed by atoms with Crippen LogP contribution in [0, 0.1) is 11.2 Å². The number of benzene rings is 1. The number of nitrogens with zero attached hydrogens (tertiary/aromatic N) is 5. The fourth-order valence-electron chi connectivity index (χ4n) is 5.13. The number of hydrogen-bond donors (Lipinski definition) is 1. The monoisotopic (exact) mass is 468 g/mol. The SMILES string of the molecule is O=C(Nc1ccc(F)c(-n2cc3cc(N4CCC5(CCOCC5)C4)cnc3n2)c1)N1CC(F)C1. The fraction of sp³-hybridized carbons (Fsp3) is 0.458. The van der Waals surface area contributed by atoms with Crippen LogP contribution >= 0.6 is 0 Å². The number of carbonyl (C=O) groups excluding carboxylic acids is 1. The van der Waals surface area contributed by atoms with E-state index in [0.717, 1.165) is 56.6 Å². The largest absolute Gasteiger partial charge is 0.381 e. The third-order valence-electron chi connectivity index (χ3n) is 7.27. The minimum Gasteiger partial charge on any atom is -0.381 e. The second-order valence-electron chi connectivity index (χ2n) is 9.56. The van der Waals surface area contributed by atoms with Gasteiger partial charge in [0.15, 0.2) is 5.65 Å². The molecule has 3 fully saturated rings. The van der Waals surface area contributed by atoms with Crippen LogP contribution in [0.4, 0.5) is 25.0 Å². The third-order valence-corrected chi connectivity index (χ3v) is 7.27. The maximum absolute atomic E-state index is 14.7. The molecule has 5 heterocycles. The van der Waals surface area contributed by atoms with Gasteiger partial charge in [-0.15, -0.1) is 5.10 Å². The van der Waals surface area contributed by atoms with Crippen molar-refractivity contribution in [2.45, 2.75) is 25.4 Å². The van der Waals surface area contributed by atoms with E-state index in [2.05, 4.69) is 20.3 Å². The Morgan fingerprint density at radius 3 is 2.79 bits per heavy atom. The number of anilines is 2. The number of nitrogens with one attached hydrogen (secondary N) is 1. The second-order valence-corrected chi connectivity index (χ2v) is 9.56.